The maximum absolute atomic E-state index is 16.0. The van der Waals surface area contributed by atoms with Crippen molar-refractivity contribution in [1.29, 1.82) is 0 Å². The van der Waals surface area contributed by atoms with Crippen molar-refractivity contribution in [3.63, 3.8) is 0 Å². The Bertz CT molecular complexity index is 594. The summed E-state index contributed by atoms with van der Waals surface area (Å²) in [5.41, 5.74) is -0.844. The molecule has 0 unspecified atom stereocenters. The molecule has 120 valence electrons. The second-order valence-corrected chi connectivity index (χ2v) is 8.46. The minimum absolute atomic E-state index is 0.00643. The Morgan fingerprint density at radius 2 is 1.77 bits per heavy atom. The number of carbonyl (C=O) groups excluding carboxylic acids is 2. The first kappa shape index (κ1) is 14.6. The second kappa shape index (κ2) is 4.30. The average Bonchev–Trinajstić information content (AvgIpc) is 2.72. The Kier molecular flexibility index (Phi) is 2.85. The van der Waals surface area contributed by atoms with Gasteiger partial charge in [-0.3, -0.25) is 9.59 Å². The van der Waals surface area contributed by atoms with Crippen molar-refractivity contribution >= 4 is 11.6 Å². The number of Topliss-reactive ketones (excluding diaryl/α,β-unsaturated/α-hetero) is 1. The minimum Gasteiger partial charge on any atom is -0.299 e. The van der Waals surface area contributed by atoms with Gasteiger partial charge in [-0.05, 0) is 68.8 Å². The predicted octanol–water partition coefficient (Wildman–Crippen LogP) is 4.18. The van der Waals surface area contributed by atoms with Crippen molar-refractivity contribution < 1.29 is 14.0 Å². The molecule has 3 saturated carbocycles. The van der Waals surface area contributed by atoms with E-state index < -0.39 is 11.1 Å². The molecule has 0 spiro atoms. The molecular weight excluding hydrogens is 279 g/mol. The highest BCUT2D eigenvalue weighted by Gasteiger charge is 2.68. The molecule has 0 aliphatic heterocycles. The quantitative estimate of drug-likeness (QED) is 0.673. The number of carbonyl (C=O) groups is 2. The Balaban J connectivity index is 1.76. The Labute approximate surface area is 131 Å². The molecule has 3 fully saturated rings. The van der Waals surface area contributed by atoms with Gasteiger partial charge in [0.15, 0.2) is 5.78 Å². The lowest BCUT2D eigenvalue weighted by atomic mass is 9.46. The molecule has 0 amide bonds. The molecule has 3 heteroatoms. The van der Waals surface area contributed by atoms with E-state index in [1.165, 1.54) is 5.57 Å². The topological polar surface area (TPSA) is 34.1 Å². The third-order valence-corrected chi connectivity index (χ3v) is 7.78. The zero-order valence-electron chi connectivity index (χ0n) is 13.6. The molecule has 4 aliphatic carbocycles. The monoisotopic (exact) mass is 304 g/mol. The zero-order valence-corrected chi connectivity index (χ0v) is 13.6. The lowest BCUT2D eigenvalue weighted by Gasteiger charge is -2.58. The summed E-state index contributed by atoms with van der Waals surface area (Å²) in [5, 5.41) is 0. The molecule has 4 rings (SSSR count). The first-order chi connectivity index (χ1) is 10.3. The number of alkyl halides is 1. The number of rotatable bonds is 0. The summed E-state index contributed by atoms with van der Waals surface area (Å²) in [4.78, 5) is 24.1. The molecule has 5 atom stereocenters. The van der Waals surface area contributed by atoms with Gasteiger partial charge in [0.25, 0.3) is 0 Å². The second-order valence-electron chi connectivity index (χ2n) is 8.46. The fourth-order valence-corrected chi connectivity index (χ4v) is 6.24. The highest BCUT2D eigenvalue weighted by molar-refractivity contribution is 5.92. The lowest BCUT2D eigenvalue weighted by Crippen LogP contribution is -2.58. The van der Waals surface area contributed by atoms with E-state index >= 15 is 4.39 Å². The van der Waals surface area contributed by atoms with Crippen molar-refractivity contribution in [2.24, 2.45) is 22.7 Å². The van der Waals surface area contributed by atoms with Gasteiger partial charge in [-0.2, -0.15) is 0 Å². The summed E-state index contributed by atoms with van der Waals surface area (Å²) >= 11 is 0. The summed E-state index contributed by atoms with van der Waals surface area (Å²) in [6.45, 7) is 4.11. The SMILES string of the molecule is C[C@]12CCC(=O)C=C1CC[C@@H]1[C@H]2CC[C@]2(C)C(=O)CC[C@@]12F. The van der Waals surface area contributed by atoms with Crippen LogP contribution in [0.2, 0.25) is 0 Å². The molecule has 0 aromatic rings. The molecule has 0 radical (unpaired) electrons. The van der Waals surface area contributed by atoms with Crippen LogP contribution in [0.15, 0.2) is 11.6 Å². The number of ketones is 2. The molecule has 0 bridgehead atoms. The standard InChI is InChI=1S/C19H25FO2/c1-17-8-5-13(21)11-12(17)3-4-15-14(17)6-9-18(2)16(22)7-10-19(15,18)20/h11,14-15H,3-10H2,1-2H3/t14-,15-,17+,18-,19-/m1/s1. The van der Waals surface area contributed by atoms with Crippen LogP contribution >= 0.6 is 0 Å². The maximum atomic E-state index is 16.0. The largest absolute Gasteiger partial charge is 0.299 e. The predicted molar refractivity (Wildman–Crippen MR) is 82.1 cm³/mol. The van der Waals surface area contributed by atoms with Gasteiger partial charge >= 0.3 is 0 Å². The Morgan fingerprint density at radius 3 is 2.55 bits per heavy atom. The Morgan fingerprint density at radius 1 is 1.00 bits per heavy atom. The van der Waals surface area contributed by atoms with Crippen LogP contribution in [0.5, 0.6) is 0 Å². The molecule has 0 aromatic heterocycles. The van der Waals surface area contributed by atoms with Crippen LogP contribution in [0.25, 0.3) is 0 Å². The van der Waals surface area contributed by atoms with Crippen LogP contribution in [-0.2, 0) is 9.59 Å². The number of halogens is 1. The first-order valence-corrected chi connectivity index (χ1v) is 8.77. The van der Waals surface area contributed by atoms with Crippen molar-refractivity contribution in [2.45, 2.75) is 70.9 Å². The molecule has 0 aromatic carbocycles. The fraction of sp³-hybridized carbons (Fsp3) is 0.789. The van der Waals surface area contributed by atoms with E-state index in [9.17, 15) is 9.59 Å². The van der Waals surface area contributed by atoms with Crippen LogP contribution in [0.1, 0.15) is 65.2 Å². The fourth-order valence-electron chi connectivity index (χ4n) is 6.24. The van der Waals surface area contributed by atoms with Gasteiger partial charge < -0.3 is 0 Å². The summed E-state index contributed by atoms with van der Waals surface area (Å²) in [6, 6.07) is 0. The third-order valence-electron chi connectivity index (χ3n) is 7.78. The van der Waals surface area contributed by atoms with Gasteiger partial charge in [-0.1, -0.05) is 12.5 Å². The summed E-state index contributed by atoms with van der Waals surface area (Å²) in [6.07, 6.45) is 7.38. The number of hydrogen-bond acceptors (Lipinski definition) is 2. The molecule has 22 heavy (non-hydrogen) atoms. The summed E-state index contributed by atoms with van der Waals surface area (Å²) < 4.78 is 16.0. The molecule has 0 saturated heterocycles. The van der Waals surface area contributed by atoms with Crippen LogP contribution in [0.4, 0.5) is 4.39 Å². The smallest absolute Gasteiger partial charge is 0.155 e. The van der Waals surface area contributed by atoms with Gasteiger partial charge in [0.1, 0.15) is 11.5 Å². The first-order valence-electron chi connectivity index (χ1n) is 8.77. The lowest BCUT2D eigenvalue weighted by molar-refractivity contribution is -0.151. The highest BCUT2D eigenvalue weighted by atomic mass is 19.1. The number of fused-ring (bicyclic) bond motifs is 5. The van der Waals surface area contributed by atoms with E-state index in [0.717, 1.165) is 25.7 Å². The van der Waals surface area contributed by atoms with Crippen LogP contribution in [-0.4, -0.2) is 17.2 Å². The van der Waals surface area contributed by atoms with Crippen LogP contribution < -0.4 is 0 Å². The van der Waals surface area contributed by atoms with E-state index in [2.05, 4.69) is 6.92 Å². The van der Waals surface area contributed by atoms with Gasteiger partial charge in [-0.25, -0.2) is 4.39 Å². The van der Waals surface area contributed by atoms with Gasteiger partial charge in [0, 0.05) is 12.8 Å². The summed E-state index contributed by atoms with van der Waals surface area (Å²) in [7, 11) is 0. The van der Waals surface area contributed by atoms with E-state index in [1.54, 1.807) is 0 Å². The number of hydrogen-bond donors (Lipinski definition) is 0. The van der Waals surface area contributed by atoms with Crippen molar-refractivity contribution in [3.05, 3.63) is 11.6 Å². The van der Waals surface area contributed by atoms with Crippen LogP contribution in [0, 0.1) is 22.7 Å². The zero-order chi connectivity index (χ0) is 15.8. The molecule has 0 N–H and O–H groups in total. The Hall–Kier alpha value is -0.990. The van der Waals surface area contributed by atoms with E-state index in [-0.39, 0.29) is 22.9 Å². The van der Waals surface area contributed by atoms with E-state index in [4.69, 9.17) is 0 Å². The van der Waals surface area contributed by atoms with Gasteiger partial charge in [0.05, 0.1) is 5.41 Å². The third kappa shape index (κ3) is 1.55. The average molecular weight is 304 g/mol. The summed E-state index contributed by atoms with van der Waals surface area (Å²) in [5.74, 6) is 0.661. The molecule has 4 aliphatic rings. The normalized spacial score (nSPS) is 51.0. The van der Waals surface area contributed by atoms with Crippen molar-refractivity contribution in [1.82, 2.24) is 0 Å². The minimum atomic E-state index is -1.32. The van der Waals surface area contributed by atoms with Crippen molar-refractivity contribution in [3.8, 4) is 0 Å². The highest BCUT2D eigenvalue weighted by Crippen LogP contribution is 2.67. The van der Waals surface area contributed by atoms with Crippen molar-refractivity contribution in [2.75, 3.05) is 0 Å². The van der Waals surface area contributed by atoms with Crippen LogP contribution in [0.3, 0.4) is 0 Å². The number of allylic oxidation sites excluding steroid dienone is 1. The molecular formula is C19H25FO2. The van der Waals surface area contributed by atoms with Gasteiger partial charge in [0.2, 0.25) is 0 Å². The molecule has 0 heterocycles. The maximum Gasteiger partial charge on any atom is 0.155 e. The molecule has 2 nitrogen and oxygen atoms in total. The van der Waals surface area contributed by atoms with Gasteiger partial charge in [-0.15, -0.1) is 0 Å². The van der Waals surface area contributed by atoms with E-state index in [0.29, 0.717) is 31.6 Å². The van der Waals surface area contributed by atoms with E-state index in [1.807, 2.05) is 13.0 Å².